The highest BCUT2D eigenvalue weighted by molar-refractivity contribution is 4.78. The molecule has 118 valence electrons. The summed E-state index contributed by atoms with van der Waals surface area (Å²) in [5.41, 5.74) is 0. The third-order valence-corrected chi connectivity index (χ3v) is 4.20. The van der Waals surface area contributed by atoms with Crippen LogP contribution >= 0.6 is 0 Å². The molecule has 0 aromatic heterocycles. The van der Waals surface area contributed by atoms with Gasteiger partial charge in [-0.15, -0.1) is 0 Å². The van der Waals surface area contributed by atoms with E-state index < -0.39 is 11.6 Å². The lowest BCUT2D eigenvalue weighted by Crippen LogP contribution is -2.48. The van der Waals surface area contributed by atoms with Gasteiger partial charge < -0.3 is 9.47 Å². The van der Waals surface area contributed by atoms with Crippen LogP contribution < -0.4 is 0 Å². The number of ether oxygens (including phenoxy) is 2. The zero-order valence-electron chi connectivity index (χ0n) is 13.8. The van der Waals surface area contributed by atoms with Gasteiger partial charge in [-0.2, -0.15) is 9.78 Å². The maximum Gasteiger partial charge on any atom is 0.199 e. The van der Waals surface area contributed by atoms with Crippen molar-refractivity contribution in [3.8, 4) is 0 Å². The van der Waals surface area contributed by atoms with Crippen molar-refractivity contribution in [2.45, 2.75) is 91.0 Å². The number of rotatable bonds is 3. The first-order valence-electron chi connectivity index (χ1n) is 7.92. The number of hydrogen-bond acceptors (Lipinski definition) is 4. The minimum Gasteiger partial charge on any atom is -0.344 e. The van der Waals surface area contributed by atoms with Gasteiger partial charge in [0.25, 0.3) is 0 Å². The summed E-state index contributed by atoms with van der Waals surface area (Å²) in [5.74, 6) is -0.198. The Morgan fingerprint density at radius 1 is 0.750 bits per heavy atom. The molecule has 4 heteroatoms. The fourth-order valence-corrected chi connectivity index (χ4v) is 3.89. The van der Waals surface area contributed by atoms with Gasteiger partial charge in [0.15, 0.2) is 11.6 Å². The normalized spacial score (nSPS) is 50.1. The van der Waals surface area contributed by atoms with Crippen LogP contribution in [0.15, 0.2) is 0 Å². The van der Waals surface area contributed by atoms with Crippen LogP contribution in [-0.2, 0) is 19.2 Å². The van der Waals surface area contributed by atoms with Gasteiger partial charge in [-0.25, -0.2) is 0 Å². The molecule has 0 radical (unpaired) electrons. The summed E-state index contributed by atoms with van der Waals surface area (Å²) < 4.78 is 11.9. The molecule has 2 aliphatic heterocycles. The molecule has 0 spiro atoms. The van der Waals surface area contributed by atoms with Crippen LogP contribution in [0, 0.1) is 11.8 Å². The topological polar surface area (TPSA) is 36.9 Å². The maximum absolute atomic E-state index is 5.93. The summed E-state index contributed by atoms with van der Waals surface area (Å²) in [5, 5.41) is 0. The van der Waals surface area contributed by atoms with Crippen molar-refractivity contribution in [3.63, 3.8) is 0 Å². The van der Waals surface area contributed by atoms with E-state index in [2.05, 4.69) is 27.7 Å². The molecule has 2 saturated heterocycles. The number of hydrogen-bond donors (Lipinski definition) is 0. The summed E-state index contributed by atoms with van der Waals surface area (Å²) in [4.78, 5) is 11.4. The van der Waals surface area contributed by atoms with Gasteiger partial charge in [-0.3, -0.25) is 0 Å². The molecule has 6 atom stereocenters. The van der Waals surface area contributed by atoms with E-state index in [1.54, 1.807) is 0 Å². The molecule has 20 heavy (non-hydrogen) atoms. The lowest BCUT2D eigenvalue weighted by atomic mass is 9.92. The zero-order valence-corrected chi connectivity index (χ0v) is 13.8. The first kappa shape index (κ1) is 16.2. The first-order valence-corrected chi connectivity index (χ1v) is 7.92. The van der Waals surface area contributed by atoms with E-state index in [-0.39, 0.29) is 12.2 Å². The second-order valence-electron chi connectivity index (χ2n) is 7.38. The van der Waals surface area contributed by atoms with Crippen molar-refractivity contribution >= 4 is 0 Å². The molecule has 2 rings (SSSR count). The van der Waals surface area contributed by atoms with Crippen LogP contribution in [0.4, 0.5) is 0 Å². The average molecular weight is 286 g/mol. The second-order valence-corrected chi connectivity index (χ2v) is 7.38. The van der Waals surface area contributed by atoms with Gasteiger partial charge >= 0.3 is 0 Å². The van der Waals surface area contributed by atoms with E-state index in [1.807, 2.05) is 13.8 Å². The van der Waals surface area contributed by atoms with E-state index in [9.17, 15) is 0 Å². The molecule has 0 aromatic carbocycles. The Bertz CT molecular complexity index is 278. The molecule has 0 saturated carbocycles. The van der Waals surface area contributed by atoms with E-state index >= 15 is 0 Å². The second kappa shape index (κ2) is 5.91. The third-order valence-electron chi connectivity index (χ3n) is 4.20. The highest BCUT2D eigenvalue weighted by atomic mass is 17.3. The van der Waals surface area contributed by atoms with Crippen molar-refractivity contribution in [1.82, 2.24) is 0 Å². The standard InChI is InChI=1S/C16H30O4/c1-11-7-13(3)17-15(5,9-11)19-20-16(6)10-12(2)8-14(4)18-16/h11-14H,7-10H2,1-6H3. The minimum atomic E-state index is -0.673. The lowest BCUT2D eigenvalue weighted by Gasteiger charge is -2.43. The van der Waals surface area contributed by atoms with Crippen LogP contribution in [0.1, 0.15) is 67.2 Å². The molecule has 6 unspecified atom stereocenters. The van der Waals surface area contributed by atoms with Crippen molar-refractivity contribution in [2.75, 3.05) is 0 Å². The molecule has 2 heterocycles. The predicted octanol–water partition coefficient (Wildman–Crippen LogP) is 4.04. The van der Waals surface area contributed by atoms with Gasteiger partial charge in [-0.1, -0.05) is 13.8 Å². The highest BCUT2D eigenvalue weighted by Crippen LogP contribution is 2.38. The highest BCUT2D eigenvalue weighted by Gasteiger charge is 2.42. The summed E-state index contributed by atoms with van der Waals surface area (Å²) in [6.45, 7) is 12.5. The third kappa shape index (κ3) is 4.17. The van der Waals surface area contributed by atoms with E-state index in [0.29, 0.717) is 11.8 Å². The van der Waals surface area contributed by atoms with Gasteiger partial charge in [-0.05, 0) is 52.4 Å². The smallest absolute Gasteiger partial charge is 0.199 e. The SMILES string of the molecule is CC1CC(C)OC(C)(OOC2(C)CC(C)CC(C)O2)C1. The zero-order chi connectivity index (χ0) is 15.0. The summed E-state index contributed by atoms with van der Waals surface area (Å²) in [7, 11) is 0. The van der Waals surface area contributed by atoms with Crippen LogP contribution in [0.2, 0.25) is 0 Å². The molecule has 2 aliphatic rings. The summed E-state index contributed by atoms with van der Waals surface area (Å²) in [6, 6.07) is 0. The summed E-state index contributed by atoms with van der Waals surface area (Å²) >= 11 is 0. The van der Waals surface area contributed by atoms with E-state index in [0.717, 1.165) is 25.7 Å². The molecule has 0 aliphatic carbocycles. The van der Waals surface area contributed by atoms with E-state index in [1.165, 1.54) is 0 Å². The maximum atomic E-state index is 5.93. The van der Waals surface area contributed by atoms with Crippen molar-refractivity contribution in [2.24, 2.45) is 11.8 Å². The van der Waals surface area contributed by atoms with Crippen molar-refractivity contribution in [1.29, 1.82) is 0 Å². The molecular formula is C16H30O4. The molecule has 0 aromatic rings. The average Bonchev–Trinajstić information content (AvgIpc) is 2.23. The summed E-state index contributed by atoms with van der Waals surface area (Å²) in [6.07, 6.45) is 4.23. The Balaban J connectivity index is 1.93. The van der Waals surface area contributed by atoms with Crippen molar-refractivity contribution in [3.05, 3.63) is 0 Å². The first-order chi connectivity index (χ1) is 9.20. The Kier molecular flexibility index (Phi) is 4.80. The van der Waals surface area contributed by atoms with Gasteiger partial charge in [0.1, 0.15) is 0 Å². The van der Waals surface area contributed by atoms with E-state index in [4.69, 9.17) is 19.2 Å². The van der Waals surface area contributed by atoms with Crippen LogP contribution in [0.3, 0.4) is 0 Å². The minimum absolute atomic E-state index is 0.199. The Hall–Kier alpha value is -0.160. The van der Waals surface area contributed by atoms with Gasteiger partial charge in [0.05, 0.1) is 12.2 Å². The Morgan fingerprint density at radius 3 is 1.40 bits per heavy atom. The monoisotopic (exact) mass is 286 g/mol. The molecule has 0 N–H and O–H groups in total. The largest absolute Gasteiger partial charge is 0.344 e. The van der Waals surface area contributed by atoms with Crippen molar-refractivity contribution < 1.29 is 19.2 Å². The van der Waals surface area contributed by atoms with Crippen LogP contribution in [-0.4, -0.2) is 23.8 Å². The van der Waals surface area contributed by atoms with Gasteiger partial charge in [0.2, 0.25) is 0 Å². The molecule has 2 fully saturated rings. The fourth-order valence-electron chi connectivity index (χ4n) is 3.89. The Labute approximate surface area is 123 Å². The van der Waals surface area contributed by atoms with Gasteiger partial charge in [0, 0.05) is 12.8 Å². The van der Waals surface area contributed by atoms with Crippen LogP contribution in [0.5, 0.6) is 0 Å². The quantitative estimate of drug-likeness (QED) is 0.579. The van der Waals surface area contributed by atoms with Crippen LogP contribution in [0.25, 0.3) is 0 Å². The lowest BCUT2D eigenvalue weighted by molar-refractivity contribution is -0.516. The predicted molar refractivity (Wildman–Crippen MR) is 76.9 cm³/mol. The molecular weight excluding hydrogens is 256 g/mol. The molecule has 0 bridgehead atoms. The fraction of sp³-hybridized carbons (Fsp3) is 1.00. The Morgan fingerprint density at radius 2 is 1.10 bits per heavy atom. The molecule has 0 amide bonds. The molecule has 4 nitrogen and oxygen atoms in total.